The van der Waals surface area contributed by atoms with Crippen LogP contribution in [0.1, 0.15) is 11.1 Å². The Morgan fingerprint density at radius 2 is 2.00 bits per heavy atom. The van der Waals surface area contributed by atoms with Gasteiger partial charge in [0.15, 0.2) is 0 Å². The van der Waals surface area contributed by atoms with Crippen molar-refractivity contribution in [2.45, 2.75) is 17.7 Å². The van der Waals surface area contributed by atoms with E-state index in [1.807, 2.05) is 6.07 Å². The highest BCUT2D eigenvalue weighted by Crippen LogP contribution is 2.26. The Hall–Kier alpha value is -0.370. The van der Waals surface area contributed by atoms with E-state index in [1.54, 1.807) is 6.07 Å². The van der Waals surface area contributed by atoms with Crippen molar-refractivity contribution < 1.29 is 4.39 Å². The first kappa shape index (κ1) is 7.29. The summed E-state index contributed by atoms with van der Waals surface area (Å²) in [4.78, 5) is 0.513. The highest BCUT2D eigenvalue weighted by molar-refractivity contribution is 9.09. The molecule has 58 valence electrons. The van der Waals surface area contributed by atoms with Gasteiger partial charge in [0.2, 0.25) is 0 Å². The minimum absolute atomic E-state index is 0.120. The van der Waals surface area contributed by atoms with Gasteiger partial charge in [-0.3, -0.25) is 0 Å². The first-order valence-electron chi connectivity index (χ1n) is 3.67. The third kappa shape index (κ3) is 1.32. The zero-order valence-electron chi connectivity index (χ0n) is 5.98. The molecule has 0 amide bonds. The predicted octanol–water partition coefficient (Wildman–Crippen LogP) is 2.69. The molecular formula is C9H8BrF. The fourth-order valence-corrected chi connectivity index (χ4v) is 2.23. The molecule has 2 rings (SSSR count). The van der Waals surface area contributed by atoms with Crippen LogP contribution in [0.4, 0.5) is 4.39 Å². The average molecular weight is 215 g/mol. The summed E-state index contributed by atoms with van der Waals surface area (Å²) in [7, 11) is 0. The Bertz CT molecular complexity index is 283. The molecule has 11 heavy (non-hydrogen) atoms. The van der Waals surface area contributed by atoms with E-state index in [2.05, 4.69) is 15.9 Å². The fourth-order valence-electron chi connectivity index (χ4n) is 1.53. The van der Waals surface area contributed by atoms with Crippen molar-refractivity contribution >= 4 is 15.9 Å². The molecule has 0 heterocycles. The molecular weight excluding hydrogens is 207 g/mol. The summed E-state index contributed by atoms with van der Waals surface area (Å²) in [5, 5.41) is 0. The molecule has 1 unspecified atom stereocenters. The van der Waals surface area contributed by atoms with E-state index in [9.17, 15) is 4.39 Å². The number of fused-ring (bicyclic) bond motifs is 1. The van der Waals surface area contributed by atoms with E-state index in [0.717, 1.165) is 18.4 Å². The van der Waals surface area contributed by atoms with Gasteiger partial charge in [-0.05, 0) is 36.1 Å². The lowest BCUT2D eigenvalue weighted by Gasteiger charge is -1.95. The second-order valence-electron chi connectivity index (χ2n) is 2.92. The van der Waals surface area contributed by atoms with Crippen LogP contribution in [-0.4, -0.2) is 4.83 Å². The van der Waals surface area contributed by atoms with E-state index in [1.165, 1.54) is 11.6 Å². The molecule has 0 saturated carbocycles. The molecule has 1 aliphatic carbocycles. The molecule has 0 nitrogen and oxygen atoms in total. The number of hydrogen-bond acceptors (Lipinski definition) is 0. The Morgan fingerprint density at radius 1 is 1.27 bits per heavy atom. The Balaban J connectivity index is 2.43. The van der Waals surface area contributed by atoms with Gasteiger partial charge in [-0.1, -0.05) is 22.0 Å². The molecule has 1 atom stereocenters. The maximum absolute atomic E-state index is 12.7. The third-order valence-corrected chi connectivity index (χ3v) is 2.70. The van der Waals surface area contributed by atoms with Crippen molar-refractivity contribution in [2.24, 2.45) is 0 Å². The smallest absolute Gasteiger partial charge is 0.123 e. The monoisotopic (exact) mass is 214 g/mol. The lowest BCUT2D eigenvalue weighted by atomic mass is 10.1. The van der Waals surface area contributed by atoms with Crippen LogP contribution < -0.4 is 0 Å². The highest BCUT2D eigenvalue weighted by atomic mass is 79.9. The summed E-state index contributed by atoms with van der Waals surface area (Å²) in [5.41, 5.74) is 2.44. The molecule has 0 aliphatic heterocycles. The summed E-state index contributed by atoms with van der Waals surface area (Å²) in [6.07, 6.45) is 2.00. The van der Waals surface area contributed by atoms with Gasteiger partial charge in [0.1, 0.15) is 5.82 Å². The molecule has 0 fully saturated rings. The number of halogens is 2. The van der Waals surface area contributed by atoms with E-state index in [4.69, 9.17) is 0 Å². The topological polar surface area (TPSA) is 0 Å². The van der Waals surface area contributed by atoms with Crippen molar-refractivity contribution in [1.29, 1.82) is 0 Å². The molecule has 0 bridgehead atoms. The molecule has 0 aromatic heterocycles. The Kier molecular flexibility index (Phi) is 1.72. The largest absolute Gasteiger partial charge is 0.207 e. The van der Waals surface area contributed by atoms with Gasteiger partial charge in [-0.25, -0.2) is 4.39 Å². The molecule has 0 radical (unpaired) electrons. The van der Waals surface area contributed by atoms with E-state index >= 15 is 0 Å². The van der Waals surface area contributed by atoms with Crippen LogP contribution in [0.2, 0.25) is 0 Å². The van der Waals surface area contributed by atoms with Gasteiger partial charge in [-0.2, -0.15) is 0 Å². The summed E-state index contributed by atoms with van der Waals surface area (Å²) in [6, 6.07) is 5.05. The van der Waals surface area contributed by atoms with Gasteiger partial charge in [0, 0.05) is 4.83 Å². The summed E-state index contributed by atoms with van der Waals surface area (Å²) in [6.45, 7) is 0. The summed E-state index contributed by atoms with van der Waals surface area (Å²) >= 11 is 3.52. The molecule has 0 saturated heterocycles. The predicted molar refractivity (Wildman–Crippen MR) is 46.5 cm³/mol. The normalized spacial score (nSPS) is 21.8. The van der Waals surface area contributed by atoms with E-state index in [-0.39, 0.29) is 5.82 Å². The standard InChI is InChI=1S/C9H8BrF/c10-8-3-6-1-2-9(11)5-7(6)4-8/h1-2,5,8H,3-4H2. The van der Waals surface area contributed by atoms with Gasteiger partial charge in [0.05, 0.1) is 0 Å². The fraction of sp³-hybridized carbons (Fsp3) is 0.333. The van der Waals surface area contributed by atoms with Crippen LogP contribution in [0.5, 0.6) is 0 Å². The first-order chi connectivity index (χ1) is 5.25. The molecule has 1 aromatic carbocycles. The van der Waals surface area contributed by atoms with Crippen LogP contribution >= 0.6 is 15.9 Å². The highest BCUT2D eigenvalue weighted by Gasteiger charge is 2.18. The Morgan fingerprint density at radius 3 is 2.82 bits per heavy atom. The van der Waals surface area contributed by atoms with Gasteiger partial charge in [-0.15, -0.1) is 0 Å². The molecule has 2 heteroatoms. The van der Waals surface area contributed by atoms with E-state index in [0.29, 0.717) is 4.83 Å². The zero-order valence-corrected chi connectivity index (χ0v) is 7.57. The lowest BCUT2D eigenvalue weighted by molar-refractivity contribution is 0.626. The SMILES string of the molecule is Fc1ccc2c(c1)CC(Br)C2. The second kappa shape index (κ2) is 2.59. The zero-order chi connectivity index (χ0) is 7.84. The van der Waals surface area contributed by atoms with Crippen LogP contribution in [-0.2, 0) is 12.8 Å². The summed E-state index contributed by atoms with van der Waals surface area (Å²) < 4.78 is 12.7. The van der Waals surface area contributed by atoms with Crippen molar-refractivity contribution in [1.82, 2.24) is 0 Å². The maximum Gasteiger partial charge on any atom is 0.123 e. The summed E-state index contributed by atoms with van der Waals surface area (Å²) in [5.74, 6) is -0.120. The number of hydrogen-bond donors (Lipinski definition) is 0. The van der Waals surface area contributed by atoms with Crippen LogP contribution in [0, 0.1) is 5.82 Å². The minimum atomic E-state index is -0.120. The number of benzene rings is 1. The van der Waals surface area contributed by atoms with Gasteiger partial charge >= 0.3 is 0 Å². The van der Waals surface area contributed by atoms with Gasteiger partial charge in [0.25, 0.3) is 0 Å². The van der Waals surface area contributed by atoms with Crippen LogP contribution in [0.15, 0.2) is 18.2 Å². The maximum atomic E-state index is 12.7. The first-order valence-corrected chi connectivity index (χ1v) is 4.58. The van der Waals surface area contributed by atoms with Crippen LogP contribution in [0.25, 0.3) is 0 Å². The Labute approximate surface area is 73.6 Å². The third-order valence-electron chi connectivity index (χ3n) is 2.05. The van der Waals surface area contributed by atoms with Crippen molar-refractivity contribution in [3.8, 4) is 0 Å². The van der Waals surface area contributed by atoms with Gasteiger partial charge < -0.3 is 0 Å². The average Bonchev–Trinajstić information content (AvgIpc) is 2.27. The molecule has 0 spiro atoms. The molecule has 1 aromatic rings. The minimum Gasteiger partial charge on any atom is -0.207 e. The van der Waals surface area contributed by atoms with Crippen molar-refractivity contribution in [3.63, 3.8) is 0 Å². The second-order valence-corrected chi connectivity index (χ2v) is 4.21. The quantitative estimate of drug-likeness (QED) is 0.583. The molecule has 1 aliphatic rings. The van der Waals surface area contributed by atoms with E-state index < -0.39 is 0 Å². The number of alkyl halides is 1. The van der Waals surface area contributed by atoms with Crippen molar-refractivity contribution in [3.05, 3.63) is 35.1 Å². The number of rotatable bonds is 0. The van der Waals surface area contributed by atoms with Crippen molar-refractivity contribution in [2.75, 3.05) is 0 Å². The molecule has 0 N–H and O–H groups in total. The lowest BCUT2D eigenvalue weighted by Crippen LogP contribution is -1.92. The van der Waals surface area contributed by atoms with Crippen LogP contribution in [0.3, 0.4) is 0 Å².